The smallest absolute Gasteiger partial charge is 0.184 e. The average molecular weight is 417 g/mol. The maximum atomic E-state index is 6.50. The van der Waals surface area contributed by atoms with E-state index in [9.17, 15) is 0 Å². The first kappa shape index (κ1) is 19.5. The van der Waals surface area contributed by atoms with Gasteiger partial charge < -0.3 is 4.90 Å². The van der Waals surface area contributed by atoms with Crippen LogP contribution in [0.2, 0.25) is 10.0 Å². The Hall–Kier alpha value is -1.78. The van der Waals surface area contributed by atoms with Gasteiger partial charge in [0.05, 0.1) is 27.5 Å². The van der Waals surface area contributed by atoms with Crippen LogP contribution in [0.1, 0.15) is 50.9 Å². The van der Waals surface area contributed by atoms with Crippen LogP contribution >= 0.6 is 23.2 Å². The van der Waals surface area contributed by atoms with Crippen molar-refractivity contribution < 1.29 is 0 Å². The fourth-order valence-electron chi connectivity index (χ4n) is 4.41. The molecule has 0 fully saturated rings. The number of pyridine rings is 1. The lowest BCUT2D eigenvalue weighted by atomic mass is 9.99. The topological polar surface area (TPSA) is 34.0 Å². The summed E-state index contributed by atoms with van der Waals surface area (Å²) in [5.41, 5.74) is 5.11. The van der Waals surface area contributed by atoms with E-state index in [0.717, 1.165) is 30.0 Å². The highest BCUT2D eigenvalue weighted by Gasteiger charge is 2.29. The summed E-state index contributed by atoms with van der Waals surface area (Å²) in [5.74, 6) is 0. The number of aromatic nitrogens is 3. The lowest BCUT2D eigenvalue weighted by molar-refractivity contribution is 0.500. The Balaban J connectivity index is 1.89. The molecule has 2 aromatic heterocycles. The van der Waals surface area contributed by atoms with Gasteiger partial charge >= 0.3 is 0 Å². The van der Waals surface area contributed by atoms with E-state index in [4.69, 9.17) is 33.3 Å². The van der Waals surface area contributed by atoms with Gasteiger partial charge in [-0.2, -0.15) is 0 Å². The third-order valence-electron chi connectivity index (χ3n) is 5.57. The number of aryl methyl sites for hydroxylation is 1. The van der Waals surface area contributed by atoms with Gasteiger partial charge in [0.2, 0.25) is 0 Å². The highest BCUT2D eigenvalue weighted by atomic mass is 35.5. The van der Waals surface area contributed by atoms with E-state index in [0.29, 0.717) is 16.1 Å². The maximum Gasteiger partial charge on any atom is 0.184 e. The summed E-state index contributed by atoms with van der Waals surface area (Å²) in [4.78, 5) is 7.32. The molecule has 0 atom stereocenters. The lowest BCUT2D eigenvalue weighted by Crippen LogP contribution is -2.39. The van der Waals surface area contributed by atoms with Gasteiger partial charge in [-0.05, 0) is 44.0 Å². The Bertz CT molecular complexity index is 1010. The van der Waals surface area contributed by atoms with Gasteiger partial charge in [-0.3, -0.25) is 0 Å². The van der Waals surface area contributed by atoms with Crippen molar-refractivity contribution in [2.45, 2.75) is 58.9 Å². The Kier molecular flexibility index (Phi) is 5.52. The first-order chi connectivity index (χ1) is 13.5. The second-order valence-electron chi connectivity index (χ2n) is 7.61. The van der Waals surface area contributed by atoms with Crippen LogP contribution in [0, 0.1) is 6.92 Å². The molecule has 6 heteroatoms. The standard InChI is InChI=1S/C22H26Cl2N4/c1-4-6-16(7-5-2)27-11-10-19-21-20(27)12-14(3)25-22(21)26-28(19)18-9-8-15(23)13-17(18)24/h8-9,12-13,16H,4-7,10-11H2,1-3H3. The zero-order valence-electron chi connectivity index (χ0n) is 16.7. The molecule has 0 unspecified atom stereocenters. The predicted octanol–water partition coefficient (Wildman–Crippen LogP) is 6.37. The zero-order chi connectivity index (χ0) is 19.8. The summed E-state index contributed by atoms with van der Waals surface area (Å²) in [6, 6.07) is 8.34. The molecule has 3 aromatic rings. The highest BCUT2D eigenvalue weighted by molar-refractivity contribution is 6.35. The summed E-state index contributed by atoms with van der Waals surface area (Å²) in [7, 11) is 0. The zero-order valence-corrected chi connectivity index (χ0v) is 18.2. The highest BCUT2D eigenvalue weighted by Crippen LogP contribution is 2.38. The number of rotatable bonds is 6. The summed E-state index contributed by atoms with van der Waals surface area (Å²) in [6.07, 6.45) is 5.74. The van der Waals surface area contributed by atoms with Gasteiger partial charge in [0.15, 0.2) is 5.65 Å². The Morgan fingerprint density at radius 2 is 1.82 bits per heavy atom. The molecule has 0 spiro atoms. The van der Waals surface area contributed by atoms with Crippen LogP contribution < -0.4 is 4.90 Å². The van der Waals surface area contributed by atoms with Crippen LogP contribution in [0.25, 0.3) is 16.7 Å². The van der Waals surface area contributed by atoms with Gasteiger partial charge in [0, 0.05) is 29.7 Å². The molecule has 148 valence electrons. The SMILES string of the molecule is CCCC(CCC)N1CCc2c3c1cc(C)nc3nn2-c1ccc(Cl)cc1Cl. The van der Waals surface area contributed by atoms with Crippen molar-refractivity contribution in [3.8, 4) is 5.69 Å². The minimum absolute atomic E-state index is 0.565. The van der Waals surface area contributed by atoms with E-state index < -0.39 is 0 Å². The maximum absolute atomic E-state index is 6.50. The number of anilines is 1. The van der Waals surface area contributed by atoms with Crippen LogP contribution in [0.4, 0.5) is 5.69 Å². The normalized spacial score (nSPS) is 13.7. The van der Waals surface area contributed by atoms with E-state index in [-0.39, 0.29) is 0 Å². The van der Waals surface area contributed by atoms with E-state index in [1.165, 1.54) is 42.5 Å². The first-order valence-corrected chi connectivity index (χ1v) is 10.9. The molecular formula is C22H26Cl2N4. The second kappa shape index (κ2) is 7.92. The fraction of sp³-hybridized carbons (Fsp3) is 0.455. The van der Waals surface area contributed by atoms with Crippen molar-refractivity contribution in [2.24, 2.45) is 0 Å². The quantitative estimate of drug-likeness (QED) is 0.468. The fourth-order valence-corrected chi connectivity index (χ4v) is 4.90. The Morgan fingerprint density at radius 1 is 1.07 bits per heavy atom. The van der Waals surface area contributed by atoms with Crippen LogP contribution in [0.5, 0.6) is 0 Å². The Labute approximate surface area is 176 Å². The molecule has 0 radical (unpaired) electrons. The molecule has 0 amide bonds. The van der Waals surface area contributed by atoms with Crippen molar-refractivity contribution in [3.05, 3.63) is 45.7 Å². The minimum atomic E-state index is 0.565. The van der Waals surface area contributed by atoms with Crippen molar-refractivity contribution in [1.82, 2.24) is 14.8 Å². The van der Waals surface area contributed by atoms with Crippen molar-refractivity contribution in [2.75, 3.05) is 11.4 Å². The van der Waals surface area contributed by atoms with E-state index in [1.54, 1.807) is 6.07 Å². The van der Waals surface area contributed by atoms with Gasteiger partial charge in [-0.15, -0.1) is 5.10 Å². The molecule has 1 aliphatic rings. The molecule has 0 saturated carbocycles. The van der Waals surface area contributed by atoms with E-state index >= 15 is 0 Å². The molecule has 3 heterocycles. The van der Waals surface area contributed by atoms with Crippen LogP contribution in [-0.4, -0.2) is 27.4 Å². The molecule has 0 bridgehead atoms. The molecule has 1 aliphatic heterocycles. The van der Waals surface area contributed by atoms with Gasteiger partial charge in [-0.25, -0.2) is 9.67 Å². The van der Waals surface area contributed by atoms with Crippen molar-refractivity contribution in [1.29, 1.82) is 0 Å². The predicted molar refractivity (Wildman–Crippen MR) is 118 cm³/mol. The van der Waals surface area contributed by atoms with Crippen molar-refractivity contribution in [3.63, 3.8) is 0 Å². The summed E-state index contributed by atoms with van der Waals surface area (Å²) in [5, 5.41) is 7.24. The summed E-state index contributed by atoms with van der Waals surface area (Å²) < 4.78 is 1.96. The third-order valence-corrected chi connectivity index (χ3v) is 6.11. The largest absolute Gasteiger partial charge is 0.367 e. The van der Waals surface area contributed by atoms with Crippen LogP contribution in [-0.2, 0) is 6.42 Å². The van der Waals surface area contributed by atoms with Crippen molar-refractivity contribution >= 4 is 39.9 Å². The van der Waals surface area contributed by atoms with Gasteiger partial charge in [0.1, 0.15) is 0 Å². The average Bonchev–Trinajstić information content (AvgIpc) is 3.01. The number of halogens is 2. The van der Waals surface area contributed by atoms with Crippen LogP contribution in [0.15, 0.2) is 24.3 Å². The third kappa shape index (κ3) is 3.37. The Morgan fingerprint density at radius 3 is 2.50 bits per heavy atom. The molecule has 1 aromatic carbocycles. The number of hydrogen-bond donors (Lipinski definition) is 0. The summed E-state index contributed by atoms with van der Waals surface area (Å²) in [6.45, 7) is 7.58. The second-order valence-corrected chi connectivity index (χ2v) is 8.45. The molecule has 28 heavy (non-hydrogen) atoms. The molecule has 0 N–H and O–H groups in total. The van der Waals surface area contributed by atoms with Crippen LogP contribution in [0.3, 0.4) is 0 Å². The van der Waals surface area contributed by atoms with Gasteiger partial charge in [-0.1, -0.05) is 49.9 Å². The number of nitrogens with zero attached hydrogens (tertiary/aromatic N) is 4. The number of benzene rings is 1. The molecule has 0 saturated heterocycles. The van der Waals surface area contributed by atoms with Gasteiger partial charge in [0.25, 0.3) is 0 Å². The first-order valence-electron chi connectivity index (χ1n) is 10.1. The van der Waals surface area contributed by atoms with E-state index in [1.807, 2.05) is 23.7 Å². The monoisotopic (exact) mass is 416 g/mol. The van der Waals surface area contributed by atoms with E-state index in [2.05, 4.69) is 24.8 Å². The number of hydrogen-bond acceptors (Lipinski definition) is 3. The minimum Gasteiger partial charge on any atom is -0.367 e. The molecule has 4 rings (SSSR count). The molecule has 0 aliphatic carbocycles. The summed E-state index contributed by atoms with van der Waals surface area (Å²) >= 11 is 12.6. The molecular weight excluding hydrogens is 391 g/mol. The molecule has 4 nitrogen and oxygen atoms in total. The lowest BCUT2D eigenvalue weighted by Gasteiger charge is -2.37.